The zero-order valence-corrected chi connectivity index (χ0v) is 30.0. The van der Waals surface area contributed by atoms with Crippen LogP contribution in [-0.2, 0) is 28.8 Å². The molecule has 5 rings (SSSR count). The lowest BCUT2D eigenvalue weighted by atomic mass is 9.82. The van der Waals surface area contributed by atoms with Crippen molar-refractivity contribution in [2.24, 2.45) is 16.7 Å². The van der Waals surface area contributed by atoms with E-state index in [2.05, 4.69) is 10.6 Å². The number of hydrogen-bond acceptors (Lipinski definition) is 7. The van der Waals surface area contributed by atoms with E-state index in [-0.39, 0.29) is 62.5 Å². The summed E-state index contributed by atoms with van der Waals surface area (Å²) in [5.74, 6) is -4.24. The molecule has 2 aliphatic heterocycles. The number of carbonyl (C=O) groups excluding carboxylic acids is 6. The molecule has 11 nitrogen and oxygen atoms in total. The van der Waals surface area contributed by atoms with Crippen molar-refractivity contribution in [1.29, 1.82) is 0 Å². The van der Waals surface area contributed by atoms with Crippen molar-refractivity contribution in [3.05, 3.63) is 29.3 Å². The van der Waals surface area contributed by atoms with E-state index in [0.29, 0.717) is 17.1 Å². The van der Waals surface area contributed by atoms with Gasteiger partial charge in [-0.1, -0.05) is 71.0 Å². The number of aliphatic carboxylic acids is 1. The van der Waals surface area contributed by atoms with Crippen molar-refractivity contribution in [3.8, 4) is 0 Å². The molecule has 4 amide bonds. The second-order valence-corrected chi connectivity index (χ2v) is 16.5. The smallest absolute Gasteiger partial charge is 0.337 e. The topological polar surface area (TPSA) is 153 Å². The summed E-state index contributed by atoms with van der Waals surface area (Å²) in [6.45, 7) is 7.12. The number of likely N-dealkylation sites (tertiary alicyclic amines) is 1. The number of rotatable bonds is 12. The number of nitrogens with one attached hydrogen (secondary N) is 2. The van der Waals surface area contributed by atoms with Gasteiger partial charge in [0.15, 0.2) is 6.04 Å². The number of hydrogen-bond donors (Lipinski definition) is 2. The summed E-state index contributed by atoms with van der Waals surface area (Å²) in [5, 5.41) is 19.4. The summed E-state index contributed by atoms with van der Waals surface area (Å²) in [6.07, 6.45) is 7.06. The Labute approximate surface area is 294 Å². The van der Waals surface area contributed by atoms with Gasteiger partial charge in [-0.25, -0.2) is 9.28 Å². The molecule has 2 saturated carbocycles. The van der Waals surface area contributed by atoms with Crippen LogP contribution in [0.15, 0.2) is 24.3 Å². The van der Waals surface area contributed by atoms with Crippen LogP contribution in [-0.4, -0.2) is 77.1 Å². The van der Waals surface area contributed by atoms with Crippen LogP contribution in [0.4, 0.5) is 5.69 Å². The number of nitrogens with zero attached hydrogens (tertiary/aromatic N) is 2. The number of carboxylic acid groups (broad SMARTS) is 1. The van der Waals surface area contributed by atoms with Gasteiger partial charge in [0.1, 0.15) is 12.1 Å². The number of halogens is 1. The molecule has 2 N–H and O–H groups in total. The van der Waals surface area contributed by atoms with Crippen LogP contribution < -0.4 is 20.6 Å². The molecular formula is C37H51ClN4O7. The lowest BCUT2D eigenvalue weighted by molar-refractivity contribution is -0.879. The molecule has 4 aliphatic rings. The van der Waals surface area contributed by atoms with Crippen molar-refractivity contribution in [2.75, 3.05) is 18.0 Å². The lowest BCUT2D eigenvalue weighted by Gasteiger charge is -2.47. The number of anilines is 1. The summed E-state index contributed by atoms with van der Waals surface area (Å²) >= 11 is 6.25. The number of ketones is 1. The van der Waals surface area contributed by atoms with Crippen LogP contribution in [0, 0.1) is 16.7 Å². The molecule has 1 aromatic carbocycles. The van der Waals surface area contributed by atoms with Gasteiger partial charge in [-0.3, -0.25) is 19.2 Å². The summed E-state index contributed by atoms with van der Waals surface area (Å²) < 4.78 is -0.893. The SMILES string of the molecule is CCC[C@@H](C(=O)C(=O)NC1CC1)[N+]1(C(=O)[C@@H](NC(=O)CC2CCCCC2)C(C)(C)C)C[C@@]2(CC(=O)N(c3cccc(Cl)c3)C2)C[C@H]1C(=O)[O-]. The van der Waals surface area contributed by atoms with Gasteiger partial charge in [-0.15, -0.1) is 0 Å². The van der Waals surface area contributed by atoms with Gasteiger partial charge in [-0.2, -0.15) is 0 Å². The molecule has 0 radical (unpaired) electrons. The van der Waals surface area contributed by atoms with E-state index in [4.69, 9.17) is 11.6 Å². The molecule has 5 atom stereocenters. The predicted molar refractivity (Wildman–Crippen MR) is 182 cm³/mol. The molecule has 1 spiro atoms. The average molecular weight is 699 g/mol. The quantitative estimate of drug-likeness (QED) is 0.251. The van der Waals surface area contributed by atoms with Gasteiger partial charge in [-0.05, 0) is 55.2 Å². The van der Waals surface area contributed by atoms with E-state index < -0.39 is 57.0 Å². The lowest BCUT2D eigenvalue weighted by Crippen LogP contribution is -2.74. The van der Waals surface area contributed by atoms with Crippen molar-refractivity contribution < 1.29 is 38.4 Å². The van der Waals surface area contributed by atoms with Crippen LogP contribution in [0.25, 0.3) is 0 Å². The van der Waals surface area contributed by atoms with E-state index in [1.807, 2.05) is 6.92 Å². The Bertz CT molecular complexity index is 1480. The summed E-state index contributed by atoms with van der Waals surface area (Å²) in [5.41, 5.74) is -1.37. The van der Waals surface area contributed by atoms with Crippen molar-refractivity contribution in [1.82, 2.24) is 10.6 Å². The Morgan fingerprint density at radius 3 is 2.37 bits per heavy atom. The minimum atomic E-state index is -1.53. The number of carbonyl (C=O) groups is 6. The summed E-state index contributed by atoms with van der Waals surface area (Å²) in [4.78, 5) is 85.2. The van der Waals surface area contributed by atoms with Crippen molar-refractivity contribution in [3.63, 3.8) is 0 Å². The van der Waals surface area contributed by atoms with Crippen LogP contribution in [0.1, 0.15) is 105 Å². The molecule has 268 valence electrons. The third-order valence-corrected chi connectivity index (χ3v) is 11.3. The fraction of sp³-hybridized carbons (Fsp3) is 0.676. The first-order valence-corrected chi connectivity index (χ1v) is 18.3. The molecule has 0 aromatic heterocycles. The highest BCUT2D eigenvalue weighted by atomic mass is 35.5. The highest BCUT2D eigenvalue weighted by Crippen LogP contribution is 2.51. The first kappa shape index (κ1) is 37.0. The molecule has 1 unspecified atom stereocenters. The van der Waals surface area contributed by atoms with Crippen molar-refractivity contribution >= 4 is 52.7 Å². The molecule has 2 heterocycles. The van der Waals surface area contributed by atoms with E-state index >= 15 is 4.79 Å². The Morgan fingerprint density at radius 1 is 1.08 bits per heavy atom. The van der Waals surface area contributed by atoms with Crippen LogP contribution >= 0.6 is 11.6 Å². The Kier molecular flexibility index (Phi) is 10.9. The molecule has 1 aromatic rings. The first-order valence-electron chi connectivity index (χ1n) is 17.9. The summed E-state index contributed by atoms with van der Waals surface area (Å²) in [6, 6.07) is 2.60. The van der Waals surface area contributed by atoms with Crippen molar-refractivity contribution in [2.45, 2.75) is 129 Å². The van der Waals surface area contributed by atoms with Crippen LogP contribution in [0.3, 0.4) is 0 Å². The second-order valence-electron chi connectivity index (χ2n) is 16.1. The van der Waals surface area contributed by atoms with Crippen LogP contribution in [0.5, 0.6) is 0 Å². The molecule has 2 aliphatic carbocycles. The first-order chi connectivity index (χ1) is 23.1. The molecule has 12 heteroatoms. The van der Waals surface area contributed by atoms with Gasteiger partial charge < -0.3 is 25.4 Å². The van der Waals surface area contributed by atoms with Gasteiger partial charge >= 0.3 is 5.91 Å². The minimum absolute atomic E-state index is 0.0569. The minimum Gasteiger partial charge on any atom is -0.544 e. The standard InChI is InChI=1S/C37H51ClN4O7/c1-5-10-27(31(45)33(46)39-25-15-16-25)42(34(47)32(36(2,3)4)40-29(43)17-23-11-7-6-8-12-23)22-37(19-28(42)35(48)49)20-30(44)41(21-37)26-14-9-13-24(38)18-26/h9,13-14,18,23,25,27-28,32H,5-8,10-12,15-17,19-22H2,1-4H3,(H2-,39,40,43,46,48,49)/t27-,28-,32+,37+,42?/m0/s1. The van der Waals surface area contributed by atoms with E-state index in [9.17, 15) is 29.1 Å². The number of quaternary nitrogens is 1. The van der Waals surface area contributed by atoms with Gasteiger partial charge in [0, 0.05) is 49.0 Å². The maximum Gasteiger partial charge on any atom is 0.337 e. The molecule has 2 saturated heterocycles. The fourth-order valence-corrected chi connectivity index (χ4v) is 8.73. The second kappa shape index (κ2) is 14.5. The zero-order chi connectivity index (χ0) is 35.7. The van der Waals surface area contributed by atoms with Gasteiger partial charge in [0.25, 0.3) is 11.7 Å². The number of Topliss-reactive ketones (excluding diaryl/α,β-unsaturated/α-hetero) is 1. The van der Waals surface area contributed by atoms with Crippen LogP contribution in [0.2, 0.25) is 5.02 Å². The maximum atomic E-state index is 15.4. The number of amides is 4. The molecular weight excluding hydrogens is 648 g/mol. The third-order valence-electron chi connectivity index (χ3n) is 11.1. The highest BCUT2D eigenvalue weighted by molar-refractivity contribution is 6.38. The Hall–Kier alpha value is -3.31. The molecule has 4 fully saturated rings. The zero-order valence-electron chi connectivity index (χ0n) is 29.2. The average Bonchev–Trinajstić information content (AvgIpc) is 3.71. The molecule has 0 bridgehead atoms. The monoisotopic (exact) mass is 698 g/mol. The largest absolute Gasteiger partial charge is 0.544 e. The Morgan fingerprint density at radius 2 is 1.78 bits per heavy atom. The van der Waals surface area contributed by atoms with Gasteiger partial charge in [0.2, 0.25) is 11.8 Å². The third kappa shape index (κ3) is 7.88. The fourth-order valence-electron chi connectivity index (χ4n) is 8.55. The Balaban J connectivity index is 1.59. The predicted octanol–water partition coefficient (Wildman–Crippen LogP) is 3.45. The normalized spacial score (nSPS) is 27.2. The van der Waals surface area contributed by atoms with Gasteiger partial charge in [0.05, 0.1) is 17.9 Å². The summed E-state index contributed by atoms with van der Waals surface area (Å²) in [7, 11) is 0. The molecule has 49 heavy (non-hydrogen) atoms. The maximum absolute atomic E-state index is 15.4. The number of carboxylic acids is 1. The number of benzene rings is 1. The van der Waals surface area contributed by atoms with E-state index in [1.165, 1.54) is 0 Å². The highest BCUT2D eigenvalue weighted by Gasteiger charge is 2.68. The van der Waals surface area contributed by atoms with E-state index in [1.54, 1.807) is 49.9 Å². The van der Waals surface area contributed by atoms with E-state index in [0.717, 1.165) is 44.9 Å².